The molecule has 1 N–H and O–H groups in total. The number of ether oxygens (including phenoxy) is 2. The van der Waals surface area contributed by atoms with Crippen molar-refractivity contribution in [3.63, 3.8) is 0 Å². The summed E-state index contributed by atoms with van der Waals surface area (Å²) >= 11 is 7.55. The molecule has 118 valence electrons. The first kappa shape index (κ1) is 16.8. The fourth-order valence-electron chi connectivity index (χ4n) is 2.20. The van der Waals surface area contributed by atoms with Crippen LogP contribution in [0.2, 0.25) is 5.02 Å². The largest absolute Gasteiger partial charge is 0.496 e. The number of hydrogen-bond donors (Lipinski definition) is 1. The molecule has 0 saturated carbocycles. The quantitative estimate of drug-likeness (QED) is 0.867. The Morgan fingerprint density at radius 3 is 2.64 bits per heavy atom. The number of nitrogens with one attached hydrogen (secondary N) is 1. The van der Waals surface area contributed by atoms with Crippen LogP contribution in [0.25, 0.3) is 0 Å². The molecule has 6 heteroatoms. The lowest BCUT2D eigenvalue weighted by atomic mass is 10.0. The molecule has 2 atom stereocenters. The minimum atomic E-state index is -0.320. The molecule has 0 spiro atoms. The first-order chi connectivity index (χ1) is 10.6. The number of amides is 1. The zero-order chi connectivity index (χ0) is 16.1. The van der Waals surface area contributed by atoms with Gasteiger partial charge < -0.3 is 14.8 Å². The minimum Gasteiger partial charge on any atom is -0.496 e. The number of hydrogen-bond acceptors (Lipinski definition) is 4. The Labute approximate surface area is 139 Å². The second kappa shape index (κ2) is 7.63. The maximum Gasteiger partial charge on any atom is 0.261 e. The lowest BCUT2D eigenvalue weighted by Crippen LogP contribution is -2.37. The van der Waals surface area contributed by atoms with Crippen LogP contribution in [0.4, 0.5) is 0 Å². The second-order valence-electron chi connectivity index (χ2n) is 4.79. The van der Waals surface area contributed by atoms with Gasteiger partial charge in [0.15, 0.2) is 0 Å². The summed E-state index contributed by atoms with van der Waals surface area (Å²) in [5, 5.41) is 5.35. The molecule has 0 aliphatic carbocycles. The van der Waals surface area contributed by atoms with Crippen molar-refractivity contribution < 1.29 is 14.3 Å². The Morgan fingerprint density at radius 1 is 1.32 bits per heavy atom. The zero-order valence-corrected chi connectivity index (χ0v) is 14.2. The van der Waals surface area contributed by atoms with Gasteiger partial charge in [0.1, 0.15) is 11.9 Å². The highest BCUT2D eigenvalue weighted by Crippen LogP contribution is 2.28. The molecule has 0 fully saturated rings. The van der Waals surface area contributed by atoms with Gasteiger partial charge in [0.2, 0.25) is 0 Å². The van der Waals surface area contributed by atoms with E-state index < -0.39 is 0 Å². The van der Waals surface area contributed by atoms with Crippen molar-refractivity contribution in [3.8, 4) is 5.75 Å². The molecule has 22 heavy (non-hydrogen) atoms. The highest BCUT2D eigenvalue weighted by molar-refractivity contribution is 7.12. The number of thiophene rings is 1. The molecule has 0 unspecified atom stereocenters. The third kappa shape index (κ3) is 3.80. The smallest absolute Gasteiger partial charge is 0.261 e. The van der Waals surface area contributed by atoms with Gasteiger partial charge in [-0.25, -0.2) is 0 Å². The van der Waals surface area contributed by atoms with Gasteiger partial charge in [-0.15, -0.1) is 11.3 Å². The van der Waals surface area contributed by atoms with E-state index in [4.69, 9.17) is 21.1 Å². The number of rotatable bonds is 6. The van der Waals surface area contributed by atoms with Crippen LogP contribution in [0.3, 0.4) is 0 Å². The third-order valence-electron chi connectivity index (χ3n) is 3.31. The molecule has 0 aliphatic heterocycles. The monoisotopic (exact) mass is 339 g/mol. The number of carbonyl (C=O) groups is 1. The van der Waals surface area contributed by atoms with Gasteiger partial charge in [-0.1, -0.05) is 29.8 Å². The van der Waals surface area contributed by atoms with Gasteiger partial charge in [-0.05, 0) is 13.0 Å². The van der Waals surface area contributed by atoms with Gasteiger partial charge in [-0.3, -0.25) is 4.79 Å². The van der Waals surface area contributed by atoms with Crippen molar-refractivity contribution in [2.75, 3.05) is 14.2 Å². The van der Waals surface area contributed by atoms with E-state index in [1.807, 2.05) is 31.2 Å². The van der Waals surface area contributed by atoms with E-state index in [-0.39, 0.29) is 18.1 Å². The summed E-state index contributed by atoms with van der Waals surface area (Å²) in [6.45, 7) is 1.89. The van der Waals surface area contributed by atoms with Gasteiger partial charge >= 0.3 is 0 Å². The maximum atomic E-state index is 12.3. The van der Waals surface area contributed by atoms with Crippen LogP contribution in [0.15, 0.2) is 35.7 Å². The summed E-state index contributed by atoms with van der Waals surface area (Å²) in [4.78, 5) is 12.9. The lowest BCUT2D eigenvalue weighted by molar-refractivity contribution is 0.0647. The van der Waals surface area contributed by atoms with Crippen molar-refractivity contribution >= 4 is 28.8 Å². The zero-order valence-electron chi connectivity index (χ0n) is 12.6. The molecule has 1 aromatic carbocycles. The predicted molar refractivity (Wildman–Crippen MR) is 89.0 cm³/mol. The van der Waals surface area contributed by atoms with Crippen molar-refractivity contribution in [2.24, 2.45) is 0 Å². The molecule has 4 nitrogen and oxygen atoms in total. The number of benzene rings is 1. The SMILES string of the molecule is COc1csc(C(=O)N[C@@H](C)[C@H](OC)c2ccccc2Cl)c1. The Morgan fingerprint density at radius 2 is 2.05 bits per heavy atom. The van der Waals surface area contributed by atoms with E-state index in [0.717, 1.165) is 5.56 Å². The highest BCUT2D eigenvalue weighted by Gasteiger charge is 2.23. The maximum absolute atomic E-state index is 12.3. The van der Waals surface area contributed by atoms with E-state index in [1.54, 1.807) is 25.7 Å². The first-order valence-corrected chi connectivity index (χ1v) is 8.03. The molecule has 2 rings (SSSR count). The van der Waals surface area contributed by atoms with Crippen LogP contribution in [0, 0.1) is 0 Å². The summed E-state index contributed by atoms with van der Waals surface area (Å²) < 4.78 is 10.6. The molecule has 0 aliphatic rings. The Hall–Kier alpha value is -1.56. The van der Waals surface area contributed by atoms with Crippen molar-refractivity contribution in [1.82, 2.24) is 5.32 Å². The van der Waals surface area contributed by atoms with Crippen LogP contribution in [0.1, 0.15) is 28.3 Å². The number of methoxy groups -OCH3 is 2. The standard InChI is InChI=1S/C16H18ClNO3S/c1-10(15(21-3)12-6-4-5-7-13(12)17)18-16(19)14-8-11(20-2)9-22-14/h4-10,15H,1-3H3,(H,18,19)/t10-,15-/m0/s1. The summed E-state index contributed by atoms with van der Waals surface area (Å²) in [7, 11) is 3.18. The minimum absolute atomic E-state index is 0.157. The molecule has 1 amide bonds. The third-order valence-corrected chi connectivity index (χ3v) is 4.57. The van der Waals surface area contributed by atoms with Gasteiger partial charge in [0.25, 0.3) is 5.91 Å². The van der Waals surface area contributed by atoms with Crippen LogP contribution in [-0.4, -0.2) is 26.2 Å². The van der Waals surface area contributed by atoms with Crippen molar-refractivity contribution in [1.29, 1.82) is 0 Å². The van der Waals surface area contributed by atoms with Crippen LogP contribution < -0.4 is 10.1 Å². The summed E-state index contributed by atoms with van der Waals surface area (Å²) in [5.41, 5.74) is 0.850. The Balaban J connectivity index is 2.10. The molecular weight excluding hydrogens is 322 g/mol. The average Bonchev–Trinajstić information content (AvgIpc) is 2.99. The normalized spacial score (nSPS) is 13.5. The molecule has 1 aromatic heterocycles. The molecule has 1 heterocycles. The number of carbonyl (C=O) groups excluding carboxylic acids is 1. The lowest BCUT2D eigenvalue weighted by Gasteiger charge is -2.24. The van der Waals surface area contributed by atoms with E-state index >= 15 is 0 Å². The van der Waals surface area contributed by atoms with E-state index in [1.165, 1.54) is 11.3 Å². The van der Waals surface area contributed by atoms with Crippen molar-refractivity contribution in [3.05, 3.63) is 51.2 Å². The average molecular weight is 340 g/mol. The van der Waals surface area contributed by atoms with E-state index in [0.29, 0.717) is 15.6 Å². The van der Waals surface area contributed by atoms with Crippen molar-refractivity contribution in [2.45, 2.75) is 19.1 Å². The van der Waals surface area contributed by atoms with E-state index in [2.05, 4.69) is 5.32 Å². The fourth-order valence-corrected chi connectivity index (χ4v) is 3.21. The van der Waals surface area contributed by atoms with Gasteiger partial charge in [0.05, 0.1) is 18.0 Å². The fraction of sp³-hybridized carbons (Fsp3) is 0.312. The topological polar surface area (TPSA) is 47.6 Å². The van der Waals surface area contributed by atoms with Gasteiger partial charge in [-0.2, -0.15) is 0 Å². The van der Waals surface area contributed by atoms with Crippen LogP contribution in [0.5, 0.6) is 5.75 Å². The summed E-state index contributed by atoms with van der Waals surface area (Å²) in [6, 6.07) is 8.94. The molecule has 0 radical (unpaired) electrons. The Kier molecular flexibility index (Phi) is 5.83. The Bertz CT molecular complexity index is 644. The predicted octanol–water partition coefficient (Wildman–Crippen LogP) is 3.92. The first-order valence-electron chi connectivity index (χ1n) is 6.77. The van der Waals surface area contributed by atoms with E-state index in [9.17, 15) is 4.79 Å². The molecular formula is C16H18ClNO3S. The number of halogens is 1. The molecule has 2 aromatic rings. The highest BCUT2D eigenvalue weighted by atomic mass is 35.5. The molecule has 0 saturated heterocycles. The summed E-state index contributed by atoms with van der Waals surface area (Å²) in [6.07, 6.45) is -0.320. The van der Waals surface area contributed by atoms with Gasteiger partial charge in [0, 0.05) is 29.1 Å². The van der Waals surface area contributed by atoms with Crippen LogP contribution in [-0.2, 0) is 4.74 Å². The second-order valence-corrected chi connectivity index (χ2v) is 6.11. The summed E-state index contributed by atoms with van der Waals surface area (Å²) in [5.74, 6) is 0.520. The van der Waals surface area contributed by atoms with Crippen LogP contribution >= 0.6 is 22.9 Å². The molecule has 0 bridgehead atoms.